The van der Waals surface area contributed by atoms with Crippen LogP contribution in [0.5, 0.6) is 0 Å². The van der Waals surface area contributed by atoms with Crippen molar-refractivity contribution in [3.8, 4) is 0 Å². The standard InChI is InChI=1S/C11H18ClN3/c1-15(2)8-4-6-13-9-10-5-3-7-14-11(10)12/h3,5,7,13H,4,6,8-9H2,1-2H3. The fourth-order valence-electron chi connectivity index (χ4n) is 1.29. The Bertz CT molecular complexity index is 289. The molecule has 84 valence electrons. The van der Waals surface area contributed by atoms with E-state index >= 15 is 0 Å². The van der Waals surface area contributed by atoms with Crippen LogP contribution in [0.4, 0.5) is 0 Å². The number of rotatable bonds is 6. The smallest absolute Gasteiger partial charge is 0.133 e. The highest BCUT2D eigenvalue weighted by molar-refractivity contribution is 6.30. The van der Waals surface area contributed by atoms with E-state index in [2.05, 4.69) is 29.3 Å². The van der Waals surface area contributed by atoms with Gasteiger partial charge in [0.05, 0.1) is 0 Å². The molecule has 4 heteroatoms. The Hall–Kier alpha value is -0.640. The van der Waals surface area contributed by atoms with Gasteiger partial charge in [0.2, 0.25) is 0 Å². The van der Waals surface area contributed by atoms with Crippen molar-refractivity contribution in [1.29, 1.82) is 0 Å². The fourth-order valence-corrected chi connectivity index (χ4v) is 1.48. The molecular weight excluding hydrogens is 210 g/mol. The van der Waals surface area contributed by atoms with Crippen molar-refractivity contribution in [2.45, 2.75) is 13.0 Å². The van der Waals surface area contributed by atoms with Crippen LogP contribution < -0.4 is 5.32 Å². The summed E-state index contributed by atoms with van der Waals surface area (Å²) in [5.41, 5.74) is 1.06. The highest BCUT2D eigenvalue weighted by Gasteiger charge is 1.98. The minimum atomic E-state index is 0.595. The minimum absolute atomic E-state index is 0.595. The molecular formula is C11H18ClN3. The van der Waals surface area contributed by atoms with E-state index in [4.69, 9.17) is 11.6 Å². The predicted molar refractivity (Wildman–Crippen MR) is 64.1 cm³/mol. The van der Waals surface area contributed by atoms with Gasteiger partial charge in [-0.3, -0.25) is 0 Å². The van der Waals surface area contributed by atoms with E-state index in [1.165, 1.54) is 0 Å². The predicted octanol–water partition coefficient (Wildman–Crippen LogP) is 1.78. The summed E-state index contributed by atoms with van der Waals surface area (Å²) < 4.78 is 0. The molecule has 0 radical (unpaired) electrons. The van der Waals surface area contributed by atoms with Crippen LogP contribution in [0.2, 0.25) is 5.15 Å². The van der Waals surface area contributed by atoms with Crippen molar-refractivity contribution in [3.63, 3.8) is 0 Å². The second-order valence-electron chi connectivity index (χ2n) is 3.79. The van der Waals surface area contributed by atoms with Gasteiger partial charge in [-0.05, 0) is 39.7 Å². The number of nitrogens with zero attached hydrogens (tertiary/aromatic N) is 2. The van der Waals surface area contributed by atoms with Gasteiger partial charge in [-0.25, -0.2) is 4.98 Å². The molecule has 0 atom stereocenters. The molecule has 1 N–H and O–H groups in total. The van der Waals surface area contributed by atoms with Crippen LogP contribution in [-0.4, -0.2) is 37.1 Å². The molecule has 0 aliphatic rings. The van der Waals surface area contributed by atoms with E-state index in [9.17, 15) is 0 Å². The molecule has 0 spiro atoms. The first-order valence-corrected chi connectivity index (χ1v) is 5.53. The maximum Gasteiger partial charge on any atom is 0.133 e. The molecule has 1 heterocycles. The molecule has 0 aliphatic carbocycles. The van der Waals surface area contributed by atoms with Crippen LogP contribution in [0.3, 0.4) is 0 Å². The van der Waals surface area contributed by atoms with Gasteiger partial charge >= 0.3 is 0 Å². The van der Waals surface area contributed by atoms with Crippen molar-refractivity contribution < 1.29 is 0 Å². The summed E-state index contributed by atoms with van der Waals surface area (Å²) in [7, 11) is 4.16. The van der Waals surface area contributed by atoms with Crippen LogP contribution in [0.25, 0.3) is 0 Å². The number of aromatic nitrogens is 1. The lowest BCUT2D eigenvalue weighted by atomic mass is 10.3. The maximum absolute atomic E-state index is 5.93. The van der Waals surface area contributed by atoms with E-state index in [1.54, 1.807) is 6.20 Å². The van der Waals surface area contributed by atoms with Crippen molar-refractivity contribution in [2.75, 3.05) is 27.2 Å². The SMILES string of the molecule is CN(C)CCCNCc1cccnc1Cl. The molecule has 1 rings (SSSR count). The summed E-state index contributed by atoms with van der Waals surface area (Å²) in [4.78, 5) is 6.20. The highest BCUT2D eigenvalue weighted by Crippen LogP contribution is 2.10. The van der Waals surface area contributed by atoms with E-state index in [0.29, 0.717) is 5.15 Å². The Kier molecular flexibility index (Phi) is 5.61. The molecule has 0 bridgehead atoms. The average molecular weight is 228 g/mol. The molecule has 1 aromatic heterocycles. The third-order valence-electron chi connectivity index (χ3n) is 2.11. The molecule has 0 saturated carbocycles. The van der Waals surface area contributed by atoms with Crippen molar-refractivity contribution in [2.24, 2.45) is 0 Å². The Balaban J connectivity index is 2.18. The van der Waals surface area contributed by atoms with E-state index in [0.717, 1.165) is 31.6 Å². The molecule has 0 unspecified atom stereocenters. The lowest BCUT2D eigenvalue weighted by Crippen LogP contribution is -2.21. The summed E-state index contributed by atoms with van der Waals surface area (Å²) in [6.07, 6.45) is 2.85. The van der Waals surface area contributed by atoms with Gasteiger partial charge in [-0.1, -0.05) is 17.7 Å². The van der Waals surface area contributed by atoms with Crippen LogP contribution in [-0.2, 0) is 6.54 Å². The third kappa shape index (κ3) is 5.11. The first-order valence-electron chi connectivity index (χ1n) is 5.15. The van der Waals surface area contributed by atoms with E-state index < -0.39 is 0 Å². The number of halogens is 1. The second kappa shape index (κ2) is 6.77. The summed E-state index contributed by atoms with van der Waals surface area (Å²) >= 11 is 5.93. The Labute approximate surface area is 96.5 Å². The zero-order chi connectivity index (χ0) is 11.1. The van der Waals surface area contributed by atoms with Crippen LogP contribution in [0.1, 0.15) is 12.0 Å². The first-order chi connectivity index (χ1) is 7.20. The zero-order valence-corrected chi connectivity index (χ0v) is 10.1. The summed E-state index contributed by atoms with van der Waals surface area (Å²) in [5, 5.41) is 3.94. The fraction of sp³-hybridized carbons (Fsp3) is 0.545. The van der Waals surface area contributed by atoms with Gasteiger partial charge in [0.15, 0.2) is 0 Å². The van der Waals surface area contributed by atoms with Crippen LogP contribution in [0, 0.1) is 0 Å². The molecule has 0 saturated heterocycles. The van der Waals surface area contributed by atoms with Crippen molar-refractivity contribution in [1.82, 2.24) is 15.2 Å². The molecule has 0 amide bonds. The summed E-state index contributed by atoms with van der Waals surface area (Å²) in [6, 6.07) is 3.90. The molecule has 15 heavy (non-hydrogen) atoms. The third-order valence-corrected chi connectivity index (χ3v) is 2.45. The Morgan fingerprint density at radius 1 is 1.47 bits per heavy atom. The van der Waals surface area contributed by atoms with Gasteiger partial charge in [0, 0.05) is 18.3 Å². The summed E-state index contributed by atoms with van der Waals surface area (Å²) in [6.45, 7) is 2.90. The van der Waals surface area contributed by atoms with Crippen molar-refractivity contribution in [3.05, 3.63) is 29.0 Å². The quantitative estimate of drug-likeness (QED) is 0.593. The first kappa shape index (κ1) is 12.4. The molecule has 3 nitrogen and oxygen atoms in total. The van der Waals surface area contributed by atoms with Gasteiger partial charge in [0.25, 0.3) is 0 Å². The van der Waals surface area contributed by atoms with Gasteiger partial charge in [-0.15, -0.1) is 0 Å². The number of hydrogen-bond donors (Lipinski definition) is 1. The van der Waals surface area contributed by atoms with Gasteiger partial charge in [-0.2, -0.15) is 0 Å². The largest absolute Gasteiger partial charge is 0.313 e. The van der Waals surface area contributed by atoms with Crippen LogP contribution in [0.15, 0.2) is 18.3 Å². The minimum Gasteiger partial charge on any atom is -0.313 e. The van der Waals surface area contributed by atoms with Crippen molar-refractivity contribution >= 4 is 11.6 Å². The Morgan fingerprint density at radius 2 is 2.27 bits per heavy atom. The molecule has 0 aromatic carbocycles. The topological polar surface area (TPSA) is 28.2 Å². The molecule has 0 aliphatic heterocycles. The normalized spacial score (nSPS) is 10.9. The average Bonchev–Trinajstić information content (AvgIpc) is 2.20. The molecule has 1 aromatic rings. The number of hydrogen-bond acceptors (Lipinski definition) is 3. The van der Waals surface area contributed by atoms with E-state index in [1.807, 2.05) is 12.1 Å². The lowest BCUT2D eigenvalue weighted by Gasteiger charge is -2.10. The highest BCUT2D eigenvalue weighted by atomic mass is 35.5. The van der Waals surface area contributed by atoms with Gasteiger partial charge < -0.3 is 10.2 Å². The number of pyridine rings is 1. The maximum atomic E-state index is 5.93. The van der Waals surface area contributed by atoms with Crippen LogP contribution >= 0.6 is 11.6 Å². The monoisotopic (exact) mass is 227 g/mol. The molecule has 0 fully saturated rings. The summed E-state index contributed by atoms with van der Waals surface area (Å²) in [5.74, 6) is 0. The number of nitrogens with one attached hydrogen (secondary N) is 1. The van der Waals surface area contributed by atoms with E-state index in [-0.39, 0.29) is 0 Å². The second-order valence-corrected chi connectivity index (χ2v) is 4.14. The Morgan fingerprint density at radius 3 is 2.93 bits per heavy atom. The van der Waals surface area contributed by atoms with Gasteiger partial charge in [0.1, 0.15) is 5.15 Å². The lowest BCUT2D eigenvalue weighted by molar-refractivity contribution is 0.394. The zero-order valence-electron chi connectivity index (χ0n) is 9.33.